The number of hydrogen-bond donors (Lipinski definition) is 0. The summed E-state index contributed by atoms with van der Waals surface area (Å²) in [7, 11) is 0. The zero-order chi connectivity index (χ0) is 14.8. The molecule has 1 heterocycles. The van der Waals surface area contributed by atoms with Gasteiger partial charge >= 0.3 is 0 Å². The Bertz CT molecular complexity index is 807. The summed E-state index contributed by atoms with van der Waals surface area (Å²) in [4.78, 5) is 12.5. The smallest absolute Gasteiger partial charge is 0.186 e. The van der Waals surface area contributed by atoms with Crippen LogP contribution in [-0.2, 0) is 13.0 Å². The van der Waals surface area contributed by atoms with Crippen LogP contribution in [0.4, 0.5) is 0 Å². The summed E-state index contributed by atoms with van der Waals surface area (Å²) in [5.41, 5.74) is 1.67. The van der Waals surface area contributed by atoms with Gasteiger partial charge in [0.2, 0.25) is 0 Å². The summed E-state index contributed by atoms with van der Waals surface area (Å²) in [5.74, 6) is 0.0801. The van der Waals surface area contributed by atoms with E-state index in [1.165, 1.54) is 5.39 Å². The predicted molar refractivity (Wildman–Crippen MR) is 87.6 cm³/mol. The summed E-state index contributed by atoms with van der Waals surface area (Å²) in [6, 6.07) is 14.3. The van der Waals surface area contributed by atoms with Gasteiger partial charge in [-0.25, -0.2) is 0 Å². The second-order valence-corrected chi connectivity index (χ2v) is 5.79. The molecule has 0 radical (unpaired) electrons. The minimum atomic E-state index is 0.0801. The number of carbonyl (C=O) groups is 1. The average Bonchev–Trinajstić information content (AvgIpc) is 2.88. The third kappa shape index (κ3) is 2.76. The van der Waals surface area contributed by atoms with Crippen molar-refractivity contribution in [1.82, 2.24) is 9.78 Å². The second kappa shape index (κ2) is 5.82. The number of benzene rings is 2. The highest BCUT2D eigenvalue weighted by molar-refractivity contribution is 9.10. The Labute approximate surface area is 131 Å². The SMILES string of the molecule is CCn1ncc(Br)c1C(=O)Cc1ccc2ccccc2c1. The van der Waals surface area contributed by atoms with Gasteiger partial charge in [0.15, 0.2) is 5.78 Å². The molecule has 0 saturated heterocycles. The molecule has 3 rings (SSSR count). The fourth-order valence-electron chi connectivity index (χ4n) is 2.50. The number of hydrogen-bond acceptors (Lipinski definition) is 2. The Morgan fingerprint density at radius 2 is 1.95 bits per heavy atom. The number of Topliss-reactive ketones (excluding diaryl/α,β-unsaturated/α-hetero) is 1. The molecule has 3 aromatic rings. The molecule has 0 spiro atoms. The van der Waals surface area contributed by atoms with Crippen LogP contribution in [0.5, 0.6) is 0 Å². The first-order valence-electron chi connectivity index (χ1n) is 6.91. The van der Waals surface area contributed by atoms with Crippen LogP contribution in [0.15, 0.2) is 53.1 Å². The first-order chi connectivity index (χ1) is 10.2. The average molecular weight is 343 g/mol. The van der Waals surface area contributed by atoms with Gasteiger partial charge in [-0.1, -0.05) is 42.5 Å². The van der Waals surface area contributed by atoms with Crippen LogP contribution in [-0.4, -0.2) is 15.6 Å². The van der Waals surface area contributed by atoms with E-state index in [1.54, 1.807) is 10.9 Å². The molecule has 0 saturated carbocycles. The van der Waals surface area contributed by atoms with Crippen molar-refractivity contribution in [3.63, 3.8) is 0 Å². The molecule has 4 heteroatoms. The largest absolute Gasteiger partial charge is 0.292 e. The Balaban J connectivity index is 1.90. The lowest BCUT2D eigenvalue weighted by atomic mass is 10.0. The number of halogens is 1. The fourth-order valence-corrected chi connectivity index (χ4v) is 3.01. The van der Waals surface area contributed by atoms with Crippen LogP contribution in [0.25, 0.3) is 10.8 Å². The van der Waals surface area contributed by atoms with Crippen molar-refractivity contribution in [3.8, 4) is 0 Å². The van der Waals surface area contributed by atoms with E-state index in [0.29, 0.717) is 18.7 Å². The highest BCUT2D eigenvalue weighted by Crippen LogP contribution is 2.20. The molecule has 0 unspecified atom stereocenters. The van der Waals surface area contributed by atoms with Crippen LogP contribution in [0.3, 0.4) is 0 Å². The van der Waals surface area contributed by atoms with E-state index in [0.717, 1.165) is 15.4 Å². The highest BCUT2D eigenvalue weighted by atomic mass is 79.9. The zero-order valence-electron chi connectivity index (χ0n) is 11.7. The third-order valence-electron chi connectivity index (χ3n) is 3.54. The fraction of sp³-hybridized carbons (Fsp3) is 0.176. The molecule has 0 atom stereocenters. The first kappa shape index (κ1) is 14.0. The minimum absolute atomic E-state index is 0.0801. The number of aromatic nitrogens is 2. The Hall–Kier alpha value is -1.94. The van der Waals surface area contributed by atoms with Gasteiger partial charge in [-0.3, -0.25) is 9.48 Å². The lowest BCUT2D eigenvalue weighted by Crippen LogP contribution is -2.12. The lowest BCUT2D eigenvalue weighted by Gasteiger charge is -2.06. The zero-order valence-corrected chi connectivity index (χ0v) is 13.3. The number of aryl methyl sites for hydroxylation is 1. The van der Waals surface area contributed by atoms with Crippen molar-refractivity contribution < 1.29 is 4.79 Å². The van der Waals surface area contributed by atoms with E-state index in [4.69, 9.17) is 0 Å². The number of rotatable bonds is 4. The molecule has 0 N–H and O–H groups in total. The summed E-state index contributed by atoms with van der Waals surface area (Å²) in [5, 5.41) is 6.54. The molecule has 1 aromatic heterocycles. The topological polar surface area (TPSA) is 34.9 Å². The van der Waals surface area contributed by atoms with Gasteiger partial charge in [-0.2, -0.15) is 5.10 Å². The van der Waals surface area contributed by atoms with E-state index in [2.05, 4.69) is 45.3 Å². The summed E-state index contributed by atoms with van der Waals surface area (Å²) >= 11 is 3.41. The molecule has 0 aliphatic heterocycles. The molecule has 0 fully saturated rings. The van der Waals surface area contributed by atoms with Gasteiger partial charge in [-0.05, 0) is 39.2 Å². The molecular formula is C17H15BrN2O. The molecule has 3 nitrogen and oxygen atoms in total. The number of fused-ring (bicyclic) bond motifs is 1. The second-order valence-electron chi connectivity index (χ2n) is 4.94. The summed E-state index contributed by atoms with van der Waals surface area (Å²) < 4.78 is 2.49. The first-order valence-corrected chi connectivity index (χ1v) is 7.70. The van der Waals surface area contributed by atoms with E-state index in [1.807, 2.05) is 25.1 Å². The molecule has 2 aromatic carbocycles. The maximum Gasteiger partial charge on any atom is 0.186 e. The van der Waals surface area contributed by atoms with Crippen LogP contribution >= 0.6 is 15.9 Å². The maximum atomic E-state index is 12.5. The predicted octanol–water partition coefficient (Wildman–Crippen LogP) is 4.24. The van der Waals surface area contributed by atoms with Crippen molar-refractivity contribution in [3.05, 3.63) is 64.4 Å². The molecule has 21 heavy (non-hydrogen) atoms. The van der Waals surface area contributed by atoms with Crippen LogP contribution < -0.4 is 0 Å². The quantitative estimate of drug-likeness (QED) is 0.664. The molecule has 0 amide bonds. The van der Waals surface area contributed by atoms with Crippen LogP contribution in [0.2, 0.25) is 0 Å². The van der Waals surface area contributed by atoms with Gasteiger partial charge in [-0.15, -0.1) is 0 Å². The molecule has 0 aliphatic carbocycles. The molecule has 0 bridgehead atoms. The van der Waals surface area contributed by atoms with Gasteiger partial charge in [0.25, 0.3) is 0 Å². The highest BCUT2D eigenvalue weighted by Gasteiger charge is 2.16. The Morgan fingerprint density at radius 3 is 2.71 bits per heavy atom. The van der Waals surface area contributed by atoms with Gasteiger partial charge < -0.3 is 0 Å². The molecule has 0 aliphatic rings. The minimum Gasteiger partial charge on any atom is -0.292 e. The molecular weight excluding hydrogens is 328 g/mol. The Morgan fingerprint density at radius 1 is 1.19 bits per heavy atom. The van der Waals surface area contributed by atoms with Crippen LogP contribution in [0, 0.1) is 0 Å². The van der Waals surface area contributed by atoms with Crippen molar-refractivity contribution in [2.45, 2.75) is 19.9 Å². The van der Waals surface area contributed by atoms with E-state index < -0.39 is 0 Å². The van der Waals surface area contributed by atoms with Gasteiger partial charge in [0.1, 0.15) is 5.69 Å². The number of nitrogens with zero attached hydrogens (tertiary/aromatic N) is 2. The van der Waals surface area contributed by atoms with E-state index in [-0.39, 0.29) is 5.78 Å². The lowest BCUT2D eigenvalue weighted by molar-refractivity contribution is 0.0982. The van der Waals surface area contributed by atoms with Crippen LogP contribution in [0.1, 0.15) is 23.0 Å². The summed E-state index contributed by atoms with van der Waals surface area (Å²) in [6.07, 6.45) is 2.06. The van der Waals surface area contributed by atoms with Crippen molar-refractivity contribution in [2.75, 3.05) is 0 Å². The van der Waals surface area contributed by atoms with Gasteiger partial charge in [0.05, 0.1) is 10.7 Å². The Kier molecular flexibility index (Phi) is 3.88. The van der Waals surface area contributed by atoms with E-state index >= 15 is 0 Å². The van der Waals surface area contributed by atoms with Crippen molar-refractivity contribution in [2.24, 2.45) is 0 Å². The van der Waals surface area contributed by atoms with E-state index in [9.17, 15) is 4.79 Å². The number of ketones is 1. The standard InChI is InChI=1S/C17H15BrN2O/c1-2-20-17(15(18)11-19-20)16(21)10-12-7-8-13-5-3-4-6-14(13)9-12/h3-9,11H,2,10H2,1H3. The maximum absolute atomic E-state index is 12.5. The monoisotopic (exact) mass is 342 g/mol. The van der Waals surface area contributed by atoms with Crippen molar-refractivity contribution in [1.29, 1.82) is 0 Å². The van der Waals surface area contributed by atoms with Gasteiger partial charge in [0, 0.05) is 13.0 Å². The number of carbonyl (C=O) groups excluding carboxylic acids is 1. The molecule has 106 valence electrons. The van der Waals surface area contributed by atoms with Crippen molar-refractivity contribution >= 4 is 32.5 Å². The normalized spacial score (nSPS) is 11.0. The third-order valence-corrected chi connectivity index (χ3v) is 4.12. The summed E-state index contributed by atoms with van der Waals surface area (Å²) in [6.45, 7) is 2.66.